The molecule has 0 spiro atoms. The first-order chi connectivity index (χ1) is 8.65. The van der Waals surface area contributed by atoms with Crippen molar-refractivity contribution in [3.05, 3.63) is 24.3 Å². The molecule has 1 fully saturated rings. The Labute approximate surface area is 111 Å². The van der Waals surface area contributed by atoms with Crippen molar-refractivity contribution in [1.82, 2.24) is 4.90 Å². The summed E-state index contributed by atoms with van der Waals surface area (Å²) in [6, 6.07) is 8.01. The topological polar surface area (TPSA) is 24.8 Å². The lowest BCUT2D eigenvalue weighted by molar-refractivity contribution is 0.507. The lowest BCUT2D eigenvalue weighted by atomic mass is 10.2. The zero-order valence-corrected chi connectivity index (χ0v) is 12.4. The molecule has 0 amide bonds. The second-order valence-electron chi connectivity index (χ2n) is 5.11. The van der Waals surface area contributed by atoms with Crippen LogP contribution in [0.15, 0.2) is 29.3 Å². The molecule has 1 aliphatic rings. The lowest BCUT2D eigenvalue weighted by Crippen LogP contribution is -2.17. The number of likely N-dealkylation sites (tertiary alicyclic amines) is 1. The third-order valence-electron chi connectivity index (χ3n) is 2.99. The van der Waals surface area contributed by atoms with Crippen LogP contribution in [-0.4, -0.2) is 33.4 Å². The first kappa shape index (κ1) is 13.1. The summed E-state index contributed by atoms with van der Waals surface area (Å²) in [7, 11) is -0.742. The van der Waals surface area contributed by atoms with Crippen molar-refractivity contribution in [2.24, 2.45) is 10.9 Å². The molecule has 1 unspecified atom stereocenters. The molecule has 1 radical (unpaired) electrons. The fourth-order valence-electron chi connectivity index (χ4n) is 2.09. The molecule has 2 rings (SSSR count). The fraction of sp³-hybridized carbons (Fsp3) is 0.500. The van der Waals surface area contributed by atoms with Crippen LogP contribution >= 0.6 is 0 Å². The molecule has 0 aromatic heterocycles. The van der Waals surface area contributed by atoms with Crippen LogP contribution in [0.5, 0.6) is 5.75 Å². The van der Waals surface area contributed by atoms with Gasteiger partial charge in [0.2, 0.25) is 0 Å². The molecule has 18 heavy (non-hydrogen) atoms. The summed E-state index contributed by atoms with van der Waals surface area (Å²) in [5.74, 6) is 1.68. The van der Waals surface area contributed by atoms with E-state index in [1.807, 2.05) is 30.6 Å². The molecule has 0 aliphatic carbocycles. The van der Waals surface area contributed by atoms with Gasteiger partial charge in [0.15, 0.2) is 0 Å². The number of para-hydroxylation sites is 2. The molecule has 1 aromatic carbocycles. The Balaban J connectivity index is 2.06. The average Bonchev–Trinajstić information content (AvgIpc) is 2.73. The standard InChI is InChI=1S/C14H21N2OSi/c1-12-8-9-16(10-12)11-15-13-6-4-5-7-14(13)17-18(2)3/h4-7,11-12H,8-10H2,1-3H3. The molecule has 0 saturated carbocycles. The summed E-state index contributed by atoms with van der Waals surface area (Å²) in [4.78, 5) is 6.85. The quantitative estimate of drug-likeness (QED) is 0.472. The minimum Gasteiger partial charge on any atom is -0.541 e. The van der Waals surface area contributed by atoms with E-state index in [-0.39, 0.29) is 0 Å². The molecule has 0 N–H and O–H groups in total. The lowest BCUT2D eigenvalue weighted by Gasteiger charge is -2.13. The van der Waals surface area contributed by atoms with Gasteiger partial charge in [0.05, 0.1) is 6.34 Å². The van der Waals surface area contributed by atoms with Gasteiger partial charge in [0.1, 0.15) is 11.4 Å². The molecular weight excluding hydrogens is 240 g/mol. The molecule has 1 aromatic rings. The molecular formula is C14H21N2OSi. The van der Waals surface area contributed by atoms with Crippen LogP contribution in [0.25, 0.3) is 0 Å². The van der Waals surface area contributed by atoms with Crippen molar-refractivity contribution in [3.8, 4) is 5.75 Å². The first-order valence-electron chi connectivity index (χ1n) is 6.50. The van der Waals surface area contributed by atoms with Crippen molar-refractivity contribution in [2.75, 3.05) is 13.1 Å². The normalized spacial score (nSPS) is 20.0. The molecule has 1 atom stereocenters. The van der Waals surface area contributed by atoms with Gasteiger partial charge in [0.25, 0.3) is 9.04 Å². The van der Waals surface area contributed by atoms with Gasteiger partial charge in [-0.1, -0.05) is 19.1 Å². The summed E-state index contributed by atoms with van der Waals surface area (Å²) in [5, 5.41) is 0. The second-order valence-corrected chi connectivity index (χ2v) is 7.13. The van der Waals surface area contributed by atoms with Gasteiger partial charge in [-0.15, -0.1) is 0 Å². The molecule has 1 aliphatic heterocycles. The van der Waals surface area contributed by atoms with E-state index in [4.69, 9.17) is 4.43 Å². The van der Waals surface area contributed by atoms with Gasteiger partial charge in [-0.05, 0) is 37.6 Å². The van der Waals surface area contributed by atoms with Gasteiger partial charge in [-0.25, -0.2) is 4.99 Å². The highest BCUT2D eigenvalue weighted by Gasteiger charge is 2.15. The van der Waals surface area contributed by atoms with Gasteiger partial charge in [0, 0.05) is 13.1 Å². The van der Waals surface area contributed by atoms with E-state index < -0.39 is 9.04 Å². The number of rotatable bonds is 4. The van der Waals surface area contributed by atoms with E-state index in [0.717, 1.165) is 30.4 Å². The highest BCUT2D eigenvalue weighted by atomic mass is 28.3. The van der Waals surface area contributed by atoms with Crippen molar-refractivity contribution in [2.45, 2.75) is 26.4 Å². The highest BCUT2D eigenvalue weighted by molar-refractivity contribution is 6.49. The third-order valence-corrected chi connectivity index (χ3v) is 3.62. The zero-order valence-electron chi connectivity index (χ0n) is 11.4. The minimum atomic E-state index is -0.742. The first-order valence-corrected chi connectivity index (χ1v) is 8.91. The van der Waals surface area contributed by atoms with Crippen LogP contribution in [0.4, 0.5) is 5.69 Å². The smallest absolute Gasteiger partial charge is 0.274 e. The van der Waals surface area contributed by atoms with Crippen LogP contribution in [-0.2, 0) is 0 Å². The van der Waals surface area contributed by atoms with Crippen molar-refractivity contribution >= 4 is 21.1 Å². The van der Waals surface area contributed by atoms with E-state index in [0.29, 0.717) is 0 Å². The van der Waals surface area contributed by atoms with E-state index in [9.17, 15) is 0 Å². The zero-order chi connectivity index (χ0) is 13.0. The Morgan fingerprint density at radius 1 is 1.39 bits per heavy atom. The van der Waals surface area contributed by atoms with Crippen LogP contribution in [0.2, 0.25) is 13.1 Å². The number of nitrogens with zero attached hydrogens (tertiary/aromatic N) is 2. The molecule has 1 heterocycles. The van der Waals surface area contributed by atoms with Crippen molar-refractivity contribution in [1.29, 1.82) is 0 Å². The highest BCUT2D eigenvalue weighted by Crippen LogP contribution is 2.27. The largest absolute Gasteiger partial charge is 0.541 e. The van der Waals surface area contributed by atoms with Crippen LogP contribution in [0.1, 0.15) is 13.3 Å². The number of aliphatic imine (C=N–C) groups is 1. The van der Waals surface area contributed by atoms with Crippen molar-refractivity contribution < 1.29 is 4.43 Å². The Bertz CT molecular complexity index is 420. The maximum atomic E-state index is 5.85. The summed E-state index contributed by atoms with van der Waals surface area (Å²) in [6.45, 7) is 8.78. The SMILES string of the molecule is CC1CCN(C=Nc2ccccc2O[Si](C)C)C1. The van der Waals surface area contributed by atoms with Crippen LogP contribution < -0.4 is 4.43 Å². The Morgan fingerprint density at radius 3 is 2.83 bits per heavy atom. The molecule has 0 bridgehead atoms. The predicted molar refractivity (Wildman–Crippen MR) is 78.1 cm³/mol. The fourth-order valence-corrected chi connectivity index (χ4v) is 2.70. The Morgan fingerprint density at radius 2 is 2.17 bits per heavy atom. The Kier molecular flexibility index (Phi) is 4.41. The van der Waals surface area contributed by atoms with Gasteiger partial charge in [-0.3, -0.25) is 0 Å². The maximum absolute atomic E-state index is 5.85. The second kappa shape index (κ2) is 6.04. The average molecular weight is 261 g/mol. The number of benzene rings is 1. The van der Waals surface area contributed by atoms with Crippen LogP contribution in [0, 0.1) is 5.92 Å². The predicted octanol–water partition coefficient (Wildman–Crippen LogP) is 3.32. The van der Waals surface area contributed by atoms with Crippen molar-refractivity contribution in [3.63, 3.8) is 0 Å². The summed E-state index contributed by atoms with van der Waals surface area (Å²) in [5.41, 5.74) is 0.934. The summed E-state index contributed by atoms with van der Waals surface area (Å²) < 4.78 is 5.85. The maximum Gasteiger partial charge on any atom is 0.274 e. The summed E-state index contributed by atoms with van der Waals surface area (Å²) >= 11 is 0. The van der Waals surface area contributed by atoms with Gasteiger partial charge in [-0.2, -0.15) is 0 Å². The third kappa shape index (κ3) is 3.60. The van der Waals surface area contributed by atoms with E-state index >= 15 is 0 Å². The monoisotopic (exact) mass is 261 g/mol. The van der Waals surface area contributed by atoms with Gasteiger partial charge >= 0.3 is 0 Å². The number of hydrogen-bond acceptors (Lipinski definition) is 2. The van der Waals surface area contributed by atoms with E-state index in [2.05, 4.69) is 29.9 Å². The van der Waals surface area contributed by atoms with Gasteiger partial charge < -0.3 is 9.33 Å². The minimum absolute atomic E-state index is 0.742. The molecule has 1 saturated heterocycles. The molecule has 4 heteroatoms. The summed E-state index contributed by atoms with van der Waals surface area (Å²) in [6.07, 6.45) is 3.23. The van der Waals surface area contributed by atoms with E-state index in [1.165, 1.54) is 6.42 Å². The van der Waals surface area contributed by atoms with E-state index in [1.54, 1.807) is 0 Å². The number of hydrogen-bond donors (Lipinski definition) is 0. The molecule has 97 valence electrons. The van der Waals surface area contributed by atoms with Crippen LogP contribution in [0.3, 0.4) is 0 Å². The molecule has 3 nitrogen and oxygen atoms in total. The Hall–Kier alpha value is -1.29.